The Kier molecular flexibility index (Phi) is 5.45. The van der Waals surface area contributed by atoms with E-state index in [1.807, 2.05) is 0 Å². The second-order valence-corrected chi connectivity index (χ2v) is 14.1. The first kappa shape index (κ1) is 27.6. The van der Waals surface area contributed by atoms with Crippen molar-refractivity contribution in [3.8, 4) is 28.5 Å². The first-order chi connectivity index (χ1) is 24.6. The normalized spacial score (nSPS) is 13.6. The molecule has 0 radical (unpaired) electrons. The van der Waals surface area contributed by atoms with E-state index >= 15 is 0 Å². The number of hydrogen-bond donors (Lipinski definition) is 0. The van der Waals surface area contributed by atoms with Gasteiger partial charge in [0, 0.05) is 43.7 Å². The van der Waals surface area contributed by atoms with Gasteiger partial charge in [-0.05, 0) is 43.9 Å². The van der Waals surface area contributed by atoms with Crippen molar-refractivity contribution in [2.75, 3.05) is 0 Å². The number of benzene rings is 8. The maximum absolute atomic E-state index is 5.59. The van der Waals surface area contributed by atoms with Crippen LogP contribution in [0.4, 0.5) is 0 Å². The van der Waals surface area contributed by atoms with Crippen LogP contribution in [0, 0.1) is 0 Å². The van der Waals surface area contributed by atoms with E-state index in [4.69, 9.17) is 9.97 Å². The molecule has 11 rings (SSSR count). The highest BCUT2D eigenvalue weighted by atomic mass is 15.2. The van der Waals surface area contributed by atoms with Gasteiger partial charge in [0.05, 0.1) is 22.4 Å². The van der Waals surface area contributed by atoms with Crippen LogP contribution < -0.4 is 0 Å². The molecule has 1 aliphatic carbocycles. The van der Waals surface area contributed by atoms with Gasteiger partial charge in [0.25, 0.3) is 0 Å². The lowest BCUT2D eigenvalue weighted by Crippen LogP contribution is -2.18. The molecule has 0 saturated heterocycles. The highest BCUT2D eigenvalue weighted by molar-refractivity contribution is 6.42. The maximum Gasteiger partial charge on any atom is 0.235 e. The lowest BCUT2D eigenvalue weighted by molar-refractivity contribution is 0.657. The predicted molar refractivity (Wildman–Crippen MR) is 209 cm³/mol. The second-order valence-electron chi connectivity index (χ2n) is 14.1. The third kappa shape index (κ3) is 3.49. The highest BCUT2D eigenvalue weighted by Crippen LogP contribution is 2.52. The molecule has 0 unspecified atom stereocenters. The Morgan fingerprint density at radius 1 is 0.440 bits per heavy atom. The molecule has 0 spiro atoms. The van der Waals surface area contributed by atoms with Gasteiger partial charge < -0.3 is 0 Å². The fourth-order valence-corrected chi connectivity index (χ4v) is 9.05. The zero-order chi connectivity index (χ0) is 33.1. The van der Waals surface area contributed by atoms with Crippen LogP contribution in [0.15, 0.2) is 152 Å². The van der Waals surface area contributed by atoms with Crippen LogP contribution in [0.25, 0.3) is 93.4 Å². The standard InChI is InChI=1S/C47H31N3/c1-47(2)37-26-14-12-24-35(37)44-42(47)43(28-16-4-3-5-17-28)48-46(49-44)50-38-27-15-13-25-36(38)41-40-32-21-9-7-19-30(32)29-18-6-8-20-31(29)39(40)33-22-10-11-23-34(33)45(41)50/h3-27H,1-2H3. The second kappa shape index (κ2) is 9.87. The summed E-state index contributed by atoms with van der Waals surface area (Å²) in [5.74, 6) is 0.691. The maximum atomic E-state index is 5.59. The van der Waals surface area contributed by atoms with Gasteiger partial charge in [-0.1, -0.05) is 159 Å². The zero-order valence-electron chi connectivity index (χ0n) is 27.8. The lowest BCUT2D eigenvalue weighted by Gasteiger charge is -2.24. The van der Waals surface area contributed by atoms with Crippen LogP contribution in [-0.4, -0.2) is 14.5 Å². The van der Waals surface area contributed by atoms with Crippen LogP contribution in [0.3, 0.4) is 0 Å². The number of rotatable bonds is 2. The smallest absolute Gasteiger partial charge is 0.235 e. The Labute approximate surface area is 289 Å². The van der Waals surface area contributed by atoms with Gasteiger partial charge in [0.1, 0.15) is 0 Å². The van der Waals surface area contributed by atoms with E-state index in [1.54, 1.807) is 0 Å². The van der Waals surface area contributed by atoms with E-state index < -0.39 is 0 Å². The van der Waals surface area contributed by atoms with Crippen molar-refractivity contribution in [3.05, 3.63) is 163 Å². The summed E-state index contributed by atoms with van der Waals surface area (Å²) in [6.07, 6.45) is 0. The molecule has 0 saturated carbocycles. The third-order valence-electron chi connectivity index (χ3n) is 11.1. The average molecular weight is 638 g/mol. The van der Waals surface area contributed by atoms with Gasteiger partial charge in [0.15, 0.2) is 0 Å². The summed E-state index contributed by atoms with van der Waals surface area (Å²) in [6.45, 7) is 4.62. The first-order valence-electron chi connectivity index (χ1n) is 17.4. The van der Waals surface area contributed by atoms with E-state index in [2.05, 4.69) is 170 Å². The Morgan fingerprint density at radius 2 is 0.960 bits per heavy atom. The lowest BCUT2D eigenvalue weighted by atomic mass is 9.81. The molecule has 50 heavy (non-hydrogen) atoms. The van der Waals surface area contributed by atoms with Gasteiger partial charge in [-0.2, -0.15) is 0 Å². The summed E-state index contributed by atoms with van der Waals surface area (Å²) < 4.78 is 2.34. The highest BCUT2D eigenvalue weighted by Gasteiger charge is 2.40. The fourth-order valence-electron chi connectivity index (χ4n) is 9.05. The summed E-state index contributed by atoms with van der Waals surface area (Å²) in [5.41, 5.74) is 8.74. The molecule has 0 bridgehead atoms. The molecular formula is C47H31N3. The molecule has 0 amide bonds. The van der Waals surface area contributed by atoms with Gasteiger partial charge in [-0.15, -0.1) is 0 Å². The van der Waals surface area contributed by atoms with E-state index in [-0.39, 0.29) is 5.41 Å². The van der Waals surface area contributed by atoms with Crippen molar-refractivity contribution in [2.45, 2.75) is 19.3 Å². The van der Waals surface area contributed by atoms with E-state index in [0.717, 1.165) is 28.0 Å². The van der Waals surface area contributed by atoms with E-state index in [1.165, 1.54) is 70.6 Å². The van der Waals surface area contributed by atoms with Crippen LogP contribution in [0.5, 0.6) is 0 Å². The minimum atomic E-state index is -0.251. The van der Waals surface area contributed by atoms with Gasteiger partial charge >= 0.3 is 0 Å². The number of nitrogens with zero attached hydrogens (tertiary/aromatic N) is 3. The Bertz CT molecular complexity index is 3060. The topological polar surface area (TPSA) is 30.7 Å². The minimum Gasteiger partial charge on any atom is -0.277 e. The Morgan fingerprint density at radius 3 is 1.68 bits per heavy atom. The molecule has 3 heteroatoms. The molecule has 1 aliphatic rings. The summed E-state index contributed by atoms with van der Waals surface area (Å²) in [6, 6.07) is 54.9. The molecule has 2 aromatic heterocycles. The first-order valence-corrected chi connectivity index (χ1v) is 17.4. The van der Waals surface area contributed by atoms with Crippen LogP contribution in [-0.2, 0) is 5.41 Å². The molecule has 0 fully saturated rings. The Balaban J connectivity index is 1.39. The molecular weight excluding hydrogens is 607 g/mol. The molecule has 2 heterocycles. The summed E-state index contributed by atoms with van der Waals surface area (Å²) in [4.78, 5) is 11.2. The van der Waals surface area contributed by atoms with E-state index in [9.17, 15) is 0 Å². The molecule has 0 aliphatic heterocycles. The summed E-state index contributed by atoms with van der Waals surface area (Å²) in [7, 11) is 0. The van der Waals surface area contributed by atoms with Gasteiger partial charge in [-0.25, -0.2) is 9.97 Å². The van der Waals surface area contributed by atoms with Crippen molar-refractivity contribution in [1.29, 1.82) is 0 Å². The van der Waals surface area contributed by atoms with Crippen molar-refractivity contribution in [2.24, 2.45) is 0 Å². The zero-order valence-corrected chi connectivity index (χ0v) is 27.8. The molecule has 10 aromatic rings. The number of hydrogen-bond acceptors (Lipinski definition) is 2. The number of aromatic nitrogens is 3. The molecule has 3 nitrogen and oxygen atoms in total. The summed E-state index contributed by atoms with van der Waals surface area (Å²) >= 11 is 0. The van der Waals surface area contributed by atoms with Crippen molar-refractivity contribution < 1.29 is 0 Å². The monoisotopic (exact) mass is 637 g/mol. The molecule has 234 valence electrons. The van der Waals surface area contributed by atoms with Crippen molar-refractivity contribution >= 4 is 64.9 Å². The quantitative estimate of drug-likeness (QED) is 0.177. The largest absolute Gasteiger partial charge is 0.277 e. The summed E-state index contributed by atoms with van der Waals surface area (Å²) in [5, 5.41) is 12.5. The average Bonchev–Trinajstić information content (AvgIpc) is 3.64. The van der Waals surface area contributed by atoms with Crippen LogP contribution in [0.2, 0.25) is 0 Å². The predicted octanol–water partition coefficient (Wildman–Crippen LogP) is 12.2. The Hall–Kier alpha value is -6.32. The van der Waals surface area contributed by atoms with Crippen LogP contribution >= 0.6 is 0 Å². The van der Waals surface area contributed by atoms with Crippen molar-refractivity contribution in [3.63, 3.8) is 0 Å². The number of para-hydroxylation sites is 1. The van der Waals surface area contributed by atoms with Crippen molar-refractivity contribution in [1.82, 2.24) is 14.5 Å². The third-order valence-corrected chi connectivity index (χ3v) is 11.1. The van der Waals surface area contributed by atoms with Gasteiger partial charge in [0.2, 0.25) is 5.95 Å². The number of fused-ring (bicyclic) bond motifs is 16. The van der Waals surface area contributed by atoms with Crippen LogP contribution in [0.1, 0.15) is 25.0 Å². The molecule has 8 aromatic carbocycles. The molecule has 0 atom stereocenters. The van der Waals surface area contributed by atoms with E-state index in [0.29, 0.717) is 5.95 Å². The SMILES string of the molecule is CC1(C)c2ccccc2-c2nc(-n3c4ccccc4c4c5c6ccccc6c6ccccc6c5c5ccccc5c43)nc(-c3ccccc3)c21. The molecule has 0 N–H and O–H groups in total. The fraction of sp³-hybridized carbons (Fsp3) is 0.0638. The van der Waals surface area contributed by atoms with Gasteiger partial charge in [-0.3, -0.25) is 4.57 Å². The minimum absolute atomic E-state index is 0.251.